The Hall–Kier alpha value is 0.350. The van der Waals surface area contributed by atoms with Crippen LogP contribution >= 0.6 is 11.8 Å². The SMILES string of the molecule is CCCCCCC1(SC2(CCCCCC)CCCCCC2)CCCCCC1. The minimum atomic E-state index is 0.638. The van der Waals surface area contributed by atoms with Crippen molar-refractivity contribution in [3.63, 3.8) is 0 Å². The van der Waals surface area contributed by atoms with Crippen molar-refractivity contribution in [3.8, 4) is 0 Å². The highest BCUT2D eigenvalue weighted by Crippen LogP contribution is 2.54. The molecule has 0 atom stereocenters. The summed E-state index contributed by atoms with van der Waals surface area (Å²) >= 11 is 2.58. The Labute approximate surface area is 176 Å². The van der Waals surface area contributed by atoms with Gasteiger partial charge in [0.25, 0.3) is 0 Å². The second-order valence-electron chi connectivity index (χ2n) is 9.92. The maximum atomic E-state index is 2.58. The van der Waals surface area contributed by atoms with E-state index in [2.05, 4.69) is 25.6 Å². The molecule has 2 aliphatic carbocycles. The molecule has 0 heterocycles. The number of rotatable bonds is 12. The topological polar surface area (TPSA) is 0 Å². The van der Waals surface area contributed by atoms with Crippen LogP contribution in [0.1, 0.15) is 155 Å². The first kappa shape index (κ1) is 23.6. The van der Waals surface area contributed by atoms with Crippen LogP contribution in [-0.2, 0) is 0 Å². The van der Waals surface area contributed by atoms with Crippen molar-refractivity contribution < 1.29 is 0 Å². The third kappa shape index (κ3) is 8.71. The molecule has 0 aromatic carbocycles. The molecule has 2 fully saturated rings. The van der Waals surface area contributed by atoms with Gasteiger partial charge in [-0.05, 0) is 38.5 Å². The lowest BCUT2D eigenvalue weighted by atomic mass is 9.91. The summed E-state index contributed by atoms with van der Waals surface area (Å²) in [6.45, 7) is 4.71. The van der Waals surface area contributed by atoms with Gasteiger partial charge in [0.1, 0.15) is 0 Å². The van der Waals surface area contributed by atoms with Crippen LogP contribution in [0.2, 0.25) is 0 Å². The fourth-order valence-electron chi connectivity index (χ4n) is 5.76. The maximum Gasteiger partial charge on any atom is 0.0165 e. The summed E-state index contributed by atoms with van der Waals surface area (Å²) in [7, 11) is 0. The van der Waals surface area contributed by atoms with Gasteiger partial charge in [-0.2, -0.15) is 0 Å². The van der Waals surface area contributed by atoms with Gasteiger partial charge in [0, 0.05) is 9.49 Å². The molecule has 0 aromatic rings. The number of thioether (sulfide) groups is 1. The monoisotopic (exact) mass is 394 g/mol. The smallest absolute Gasteiger partial charge is 0.0165 e. The standard InChI is InChI=1S/C26H50S/c1-3-5-7-13-19-25(21-15-9-10-16-22-25)27-26(20-14-8-6-4-2)23-17-11-12-18-24-26/h3-24H2,1-2H3. The first-order valence-electron chi connectivity index (χ1n) is 12.9. The molecular weight excluding hydrogens is 344 g/mol. The van der Waals surface area contributed by atoms with Crippen molar-refractivity contribution in [1.82, 2.24) is 0 Å². The molecule has 0 aliphatic heterocycles. The van der Waals surface area contributed by atoms with Gasteiger partial charge in [0.2, 0.25) is 0 Å². The fourth-order valence-corrected chi connectivity index (χ4v) is 8.16. The third-order valence-corrected chi connectivity index (χ3v) is 9.53. The van der Waals surface area contributed by atoms with E-state index in [4.69, 9.17) is 0 Å². The van der Waals surface area contributed by atoms with E-state index < -0.39 is 0 Å². The average molecular weight is 395 g/mol. The molecule has 27 heavy (non-hydrogen) atoms. The summed E-state index contributed by atoms with van der Waals surface area (Å²) in [5.74, 6) is 0. The van der Waals surface area contributed by atoms with Gasteiger partial charge in [-0.1, -0.05) is 117 Å². The Morgan fingerprint density at radius 2 is 0.852 bits per heavy atom. The quantitative estimate of drug-likeness (QED) is 0.234. The average Bonchev–Trinajstić information content (AvgIpc) is 3.04. The Morgan fingerprint density at radius 1 is 0.481 bits per heavy atom. The van der Waals surface area contributed by atoms with Gasteiger partial charge in [-0.15, -0.1) is 11.8 Å². The Balaban J connectivity index is 2.06. The molecule has 1 heteroatoms. The van der Waals surface area contributed by atoms with Gasteiger partial charge in [-0.3, -0.25) is 0 Å². The van der Waals surface area contributed by atoms with Crippen LogP contribution in [0, 0.1) is 0 Å². The lowest BCUT2D eigenvalue weighted by Crippen LogP contribution is -2.35. The lowest BCUT2D eigenvalue weighted by molar-refractivity contribution is 0.413. The first-order chi connectivity index (χ1) is 13.2. The predicted octanol–water partition coefficient (Wildman–Crippen LogP) is 9.85. The summed E-state index contributed by atoms with van der Waals surface area (Å²) in [6.07, 6.45) is 32.8. The first-order valence-corrected chi connectivity index (χ1v) is 13.8. The zero-order chi connectivity index (χ0) is 19.3. The van der Waals surface area contributed by atoms with E-state index in [0.29, 0.717) is 9.49 Å². The molecular formula is C26H50S. The molecule has 0 amide bonds. The van der Waals surface area contributed by atoms with Crippen molar-refractivity contribution in [2.24, 2.45) is 0 Å². The number of unbranched alkanes of at least 4 members (excludes halogenated alkanes) is 6. The van der Waals surface area contributed by atoms with E-state index in [1.54, 1.807) is 0 Å². The molecule has 2 rings (SSSR count). The van der Waals surface area contributed by atoms with Gasteiger partial charge >= 0.3 is 0 Å². The fraction of sp³-hybridized carbons (Fsp3) is 1.00. The minimum absolute atomic E-state index is 0.638. The van der Waals surface area contributed by atoms with Crippen molar-refractivity contribution in [3.05, 3.63) is 0 Å². The summed E-state index contributed by atoms with van der Waals surface area (Å²) in [5.41, 5.74) is 0. The minimum Gasteiger partial charge on any atom is -0.148 e. The zero-order valence-electron chi connectivity index (χ0n) is 19.0. The molecule has 0 N–H and O–H groups in total. The Bertz CT molecular complexity index is 311. The normalized spacial score (nSPS) is 22.9. The van der Waals surface area contributed by atoms with Crippen molar-refractivity contribution >= 4 is 11.8 Å². The molecule has 0 spiro atoms. The van der Waals surface area contributed by atoms with Crippen LogP contribution in [0.4, 0.5) is 0 Å². The second-order valence-corrected chi connectivity index (χ2v) is 11.9. The molecule has 160 valence electrons. The molecule has 0 saturated heterocycles. The van der Waals surface area contributed by atoms with Crippen molar-refractivity contribution in [2.75, 3.05) is 0 Å². The van der Waals surface area contributed by atoms with Crippen LogP contribution in [-0.4, -0.2) is 9.49 Å². The van der Waals surface area contributed by atoms with E-state index in [0.717, 1.165) is 0 Å². The van der Waals surface area contributed by atoms with E-state index >= 15 is 0 Å². The summed E-state index contributed by atoms with van der Waals surface area (Å²) < 4.78 is 1.28. The van der Waals surface area contributed by atoms with Crippen LogP contribution < -0.4 is 0 Å². The van der Waals surface area contributed by atoms with Crippen LogP contribution in [0.5, 0.6) is 0 Å². The van der Waals surface area contributed by atoms with E-state index in [-0.39, 0.29) is 0 Å². The second kappa shape index (κ2) is 13.6. The highest BCUT2D eigenvalue weighted by Gasteiger charge is 2.41. The highest BCUT2D eigenvalue weighted by atomic mass is 32.2. The Kier molecular flexibility index (Phi) is 11.9. The van der Waals surface area contributed by atoms with Gasteiger partial charge in [0.05, 0.1) is 0 Å². The molecule has 0 aromatic heterocycles. The van der Waals surface area contributed by atoms with Gasteiger partial charge < -0.3 is 0 Å². The molecule has 0 bridgehead atoms. The Morgan fingerprint density at radius 3 is 1.19 bits per heavy atom. The van der Waals surface area contributed by atoms with E-state index in [9.17, 15) is 0 Å². The van der Waals surface area contributed by atoms with E-state index in [1.807, 2.05) is 0 Å². The molecule has 2 saturated carbocycles. The zero-order valence-corrected chi connectivity index (χ0v) is 19.8. The highest BCUT2D eigenvalue weighted by molar-refractivity contribution is 8.02. The van der Waals surface area contributed by atoms with E-state index in [1.165, 1.54) is 141 Å². The lowest BCUT2D eigenvalue weighted by Gasteiger charge is -2.44. The van der Waals surface area contributed by atoms with Gasteiger partial charge in [0.15, 0.2) is 0 Å². The molecule has 0 nitrogen and oxygen atoms in total. The van der Waals surface area contributed by atoms with Crippen LogP contribution in [0.3, 0.4) is 0 Å². The third-order valence-electron chi connectivity index (χ3n) is 7.43. The van der Waals surface area contributed by atoms with Crippen LogP contribution in [0.25, 0.3) is 0 Å². The maximum absolute atomic E-state index is 2.58. The summed E-state index contributed by atoms with van der Waals surface area (Å²) in [6, 6.07) is 0. The van der Waals surface area contributed by atoms with Crippen LogP contribution in [0.15, 0.2) is 0 Å². The molecule has 2 aliphatic rings. The number of hydrogen-bond donors (Lipinski definition) is 0. The largest absolute Gasteiger partial charge is 0.148 e. The van der Waals surface area contributed by atoms with Gasteiger partial charge in [-0.25, -0.2) is 0 Å². The van der Waals surface area contributed by atoms with Crippen molar-refractivity contribution in [2.45, 2.75) is 165 Å². The number of hydrogen-bond acceptors (Lipinski definition) is 1. The molecule has 0 radical (unpaired) electrons. The van der Waals surface area contributed by atoms with Crippen molar-refractivity contribution in [1.29, 1.82) is 0 Å². The molecule has 0 unspecified atom stereocenters. The summed E-state index contributed by atoms with van der Waals surface area (Å²) in [5, 5.41) is 0. The predicted molar refractivity (Wildman–Crippen MR) is 126 cm³/mol. The summed E-state index contributed by atoms with van der Waals surface area (Å²) in [4.78, 5) is 0.